The highest BCUT2D eigenvalue weighted by molar-refractivity contribution is 4.81. The van der Waals surface area contributed by atoms with Gasteiger partial charge in [-0.05, 0) is 31.7 Å². The number of aliphatic hydroxyl groups is 1. The minimum atomic E-state index is 0.266. The van der Waals surface area contributed by atoms with E-state index in [2.05, 4.69) is 18.7 Å². The molecule has 0 aromatic rings. The van der Waals surface area contributed by atoms with E-state index in [0.29, 0.717) is 12.0 Å². The average Bonchev–Trinajstić information content (AvgIpc) is 2.50. The fourth-order valence-corrected chi connectivity index (χ4v) is 2.32. The quantitative estimate of drug-likeness (QED) is 0.690. The first kappa shape index (κ1) is 12.0. The Morgan fingerprint density at radius 2 is 2.21 bits per heavy atom. The van der Waals surface area contributed by atoms with Crippen LogP contribution in [0.25, 0.3) is 0 Å². The van der Waals surface area contributed by atoms with Gasteiger partial charge in [0.25, 0.3) is 0 Å². The average molecular weight is 200 g/mol. The van der Waals surface area contributed by atoms with Crippen LogP contribution in [0.4, 0.5) is 0 Å². The largest absolute Gasteiger partial charge is 0.395 e. The molecule has 1 rings (SSSR count). The summed E-state index contributed by atoms with van der Waals surface area (Å²) >= 11 is 0. The zero-order valence-corrected chi connectivity index (χ0v) is 9.45. The summed E-state index contributed by atoms with van der Waals surface area (Å²) < 4.78 is 0. The van der Waals surface area contributed by atoms with Gasteiger partial charge in [-0.15, -0.1) is 0 Å². The molecule has 84 valence electrons. The molecule has 2 atom stereocenters. The Hall–Kier alpha value is -0.120. The lowest BCUT2D eigenvalue weighted by Crippen LogP contribution is -2.42. The second kappa shape index (κ2) is 5.69. The molecule has 0 aromatic carbocycles. The van der Waals surface area contributed by atoms with Crippen molar-refractivity contribution in [2.45, 2.75) is 45.2 Å². The molecule has 3 nitrogen and oxygen atoms in total. The van der Waals surface area contributed by atoms with Gasteiger partial charge in [-0.3, -0.25) is 4.90 Å². The van der Waals surface area contributed by atoms with Crippen molar-refractivity contribution < 1.29 is 5.11 Å². The van der Waals surface area contributed by atoms with Crippen molar-refractivity contribution in [1.82, 2.24) is 4.90 Å². The van der Waals surface area contributed by atoms with Crippen LogP contribution in [-0.4, -0.2) is 41.8 Å². The van der Waals surface area contributed by atoms with Crippen molar-refractivity contribution in [2.24, 2.45) is 11.7 Å². The molecule has 0 bridgehead atoms. The second-order valence-corrected chi connectivity index (χ2v) is 4.86. The molecule has 3 heteroatoms. The van der Waals surface area contributed by atoms with E-state index in [9.17, 15) is 0 Å². The molecule has 0 spiro atoms. The Morgan fingerprint density at radius 1 is 1.50 bits per heavy atom. The number of aliphatic hydroxyl groups excluding tert-OH is 1. The summed E-state index contributed by atoms with van der Waals surface area (Å²) in [6, 6.07) is 0.635. The molecule has 1 aliphatic heterocycles. The fourth-order valence-electron chi connectivity index (χ4n) is 2.32. The van der Waals surface area contributed by atoms with Crippen LogP contribution in [0.2, 0.25) is 0 Å². The van der Waals surface area contributed by atoms with Crippen LogP contribution < -0.4 is 5.73 Å². The zero-order valence-electron chi connectivity index (χ0n) is 9.45. The van der Waals surface area contributed by atoms with Gasteiger partial charge in [-0.25, -0.2) is 0 Å². The third kappa shape index (κ3) is 3.56. The summed E-state index contributed by atoms with van der Waals surface area (Å²) in [5.41, 5.74) is 6.05. The van der Waals surface area contributed by atoms with Gasteiger partial charge in [-0.1, -0.05) is 13.8 Å². The SMILES string of the molecule is CC(C)C[C@H](N)CN1CCC[C@@H]1CO. The minimum absolute atomic E-state index is 0.266. The number of hydrogen-bond acceptors (Lipinski definition) is 3. The summed E-state index contributed by atoms with van der Waals surface area (Å²) in [4.78, 5) is 2.34. The lowest BCUT2D eigenvalue weighted by Gasteiger charge is -2.26. The number of likely N-dealkylation sites (tertiary alicyclic amines) is 1. The van der Waals surface area contributed by atoms with Crippen LogP contribution in [-0.2, 0) is 0 Å². The predicted octanol–water partition coefficient (Wildman–Crippen LogP) is 0.817. The van der Waals surface area contributed by atoms with E-state index in [1.807, 2.05) is 0 Å². The first-order valence-electron chi connectivity index (χ1n) is 5.74. The summed E-state index contributed by atoms with van der Waals surface area (Å²) in [5, 5.41) is 9.15. The van der Waals surface area contributed by atoms with Gasteiger partial charge in [0.15, 0.2) is 0 Å². The first-order chi connectivity index (χ1) is 6.63. The van der Waals surface area contributed by atoms with E-state index in [0.717, 1.165) is 25.9 Å². The maximum Gasteiger partial charge on any atom is 0.0586 e. The van der Waals surface area contributed by atoms with E-state index in [1.54, 1.807) is 0 Å². The summed E-state index contributed by atoms with van der Waals surface area (Å²) in [6.07, 6.45) is 3.42. The molecule has 1 fully saturated rings. The Kier molecular flexibility index (Phi) is 4.85. The van der Waals surface area contributed by atoms with Crippen LogP contribution in [0.5, 0.6) is 0 Å². The van der Waals surface area contributed by atoms with Crippen molar-refractivity contribution in [3.63, 3.8) is 0 Å². The van der Waals surface area contributed by atoms with Crippen LogP contribution in [0, 0.1) is 5.92 Å². The molecule has 0 radical (unpaired) electrons. The van der Waals surface area contributed by atoms with Gasteiger partial charge in [-0.2, -0.15) is 0 Å². The lowest BCUT2D eigenvalue weighted by atomic mass is 10.0. The summed E-state index contributed by atoms with van der Waals surface area (Å²) in [6.45, 7) is 6.75. The van der Waals surface area contributed by atoms with Gasteiger partial charge >= 0.3 is 0 Å². The molecule has 0 saturated carbocycles. The standard InChI is InChI=1S/C11H24N2O/c1-9(2)6-10(12)7-13-5-3-4-11(13)8-14/h9-11,14H,3-8,12H2,1-2H3/t10-,11+/m0/s1. The molecule has 0 amide bonds. The monoisotopic (exact) mass is 200 g/mol. The molecule has 0 aliphatic carbocycles. The maximum atomic E-state index is 9.15. The van der Waals surface area contributed by atoms with Gasteiger partial charge in [0, 0.05) is 18.6 Å². The zero-order chi connectivity index (χ0) is 10.6. The Labute approximate surface area is 87.3 Å². The topological polar surface area (TPSA) is 49.5 Å². The normalized spacial score (nSPS) is 25.9. The lowest BCUT2D eigenvalue weighted by molar-refractivity contribution is 0.150. The van der Waals surface area contributed by atoms with Crippen LogP contribution in [0.3, 0.4) is 0 Å². The van der Waals surface area contributed by atoms with Crippen molar-refractivity contribution >= 4 is 0 Å². The Bertz CT molecular complexity index is 161. The Balaban J connectivity index is 2.28. The van der Waals surface area contributed by atoms with Crippen LogP contribution >= 0.6 is 0 Å². The molecule has 3 N–H and O–H groups in total. The number of nitrogens with two attached hydrogens (primary N) is 1. The number of nitrogens with zero attached hydrogens (tertiary/aromatic N) is 1. The van der Waals surface area contributed by atoms with Crippen molar-refractivity contribution in [2.75, 3.05) is 19.7 Å². The highest BCUT2D eigenvalue weighted by atomic mass is 16.3. The van der Waals surface area contributed by atoms with Gasteiger partial charge in [0.2, 0.25) is 0 Å². The van der Waals surface area contributed by atoms with E-state index in [4.69, 9.17) is 10.8 Å². The van der Waals surface area contributed by atoms with E-state index in [1.165, 1.54) is 6.42 Å². The van der Waals surface area contributed by atoms with Crippen LogP contribution in [0.15, 0.2) is 0 Å². The first-order valence-corrected chi connectivity index (χ1v) is 5.74. The molecule has 0 aromatic heterocycles. The number of hydrogen-bond donors (Lipinski definition) is 2. The van der Waals surface area contributed by atoms with Gasteiger partial charge in [0.05, 0.1) is 6.61 Å². The fraction of sp³-hybridized carbons (Fsp3) is 1.00. The highest BCUT2D eigenvalue weighted by Gasteiger charge is 2.24. The molecule has 1 saturated heterocycles. The van der Waals surface area contributed by atoms with Crippen molar-refractivity contribution in [3.8, 4) is 0 Å². The molecular weight excluding hydrogens is 176 g/mol. The van der Waals surface area contributed by atoms with Gasteiger partial charge in [0.1, 0.15) is 0 Å². The molecule has 0 unspecified atom stereocenters. The van der Waals surface area contributed by atoms with Crippen molar-refractivity contribution in [3.05, 3.63) is 0 Å². The van der Waals surface area contributed by atoms with Crippen LogP contribution in [0.1, 0.15) is 33.1 Å². The van der Waals surface area contributed by atoms with Gasteiger partial charge < -0.3 is 10.8 Å². The second-order valence-electron chi connectivity index (χ2n) is 4.86. The highest BCUT2D eigenvalue weighted by Crippen LogP contribution is 2.17. The summed E-state index contributed by atoms with van der Waals surface area (Å²) in [5.74, 6) is 0.667. The van der Waals surface area contributed by atoms with E-state index in [-0.39, 0.29) is 12.6 Å². The molecule has 1 aliphatic rings. The molecule has 1 heterocycles. The number of rotatable bonds is 5. The third-order valence-corrected chi connectivity index (χ3v) is 2.95. The van der Waals surface area contributed by atoms with Crippen molar-refractivity contribution in [1.29, 1.82) is 0 Å². The predicted molar refractivity (Wildman–Crippen MR) is 59.1 cm³/mol. The smallest absolute Gasteiger partial charge is 0.0586 e. The molecular formula is C11H24N2O. The minimum Gasteiger partial charge on any atom is -0.395 e. The van der Waals surface area contributed by atoms with E-state index < -0.39 is 0 Å². The summed E-state index contributed by atoms with van der Waals surface area (Å²) in [7, 11) is 0. The maximum absolute atomic E-state index is 9.15. The molecule has 14 heavy (non-hydrogen) atoms. The Morgan fingerprint density at radius 3 is 2.79 bits per heavy atom. The van der Waals surface area contributed by atoms with E-state index >= 15 is 0 Å². The third-order valence-electron chi connectivity index (χ3n) is 2.95.